The summed E-state index contributed by atoms with van der Waals surface area (Å²) in [5.41, 5.74) is 7.96. The van der Waals surface area contributed by atoms with Crippen molar-refractivity contribution >= 4 is 17.5 Å². The number of carbonyl (C=O) groups excluding carboxylic acids is 1. The summed E-state index contributed by atoms with van der Waals surface area (Å²) in [6.45, 7) is 0.639. The third-order valence-electron chi connectivity index (χ3n) is 4.12. The second kappa shape index (κ2) is 6.86. The van der Waals surface area contributed by atoms with Crippen LogP contribution in [0.15, 0.2) is 18.2 Å². The van der Waals surface area contributed by atoms with E-state index in [1.54, 1.807) is 10.7 Å². The van der Waals surface area contributed by atoms with Gasteiger partial charge in [-0.15, -0.1) is 0 Å². The van der Waals surface area contributed by atoms with Gasteiger partial charge in [0.1, 0.15) is 5.82 Å². The molecule has 0 radical (unpaired) electrons. The van der Waals surface area contributed by atoms with Crippen LogP contribution in [0.4, 0.5) is 8.78 Å². The van der Waals surface area contributed by atoms with Crippen LogP contribution in [0, 0.1) is 5.82 Å². The van der Waals surface area contributed by atoms with E-state index in [0.717, 1.165) is 5.69 Å². The van der Waals surface area contributed by atoms with E-state index in [2.05, 4.69) is 10.4 Å². The first-order valence-electron chi connectivity index (χ1n) is 7.62. The Labute approximate surface area is 142 Å². The minimum atomic E-state index is -0.530. The highest BCUT2D eigenvalue weighted by atomic mass is 35.5. The predicted molar refractivity (Wildman–Crippen MR) is 86.9 cm³/mol. The summed E-state index contributed by atoms with van der Waals surface area (Å²) in [5.74, 6) is -1.02. The molecule has 1 unspecified atom stereocenters. The number of hydrogen-bond acceptors (Lipinski definition) is 3. The van der Waals surface area contributed by atoms with Gasteiger partial charge in [-0.05, 0) is 24.6 Å². The Morgan fingerprint density at radius 2 is 2.29 bits per heavy atom. The molecule has 3 N–H and O–H groups in total. The second-order valence-electron chi connectivity index (χ2n) is 5.75. The van der Waals surface area contributed by atoms with Gasteiger partial charge in [-0.1, -0.05) is 11.6 Å². The lowest BCUT2D eigenvalue weighted by atomic mass is 10.0. The van der Waals surface area contributed by atoms with E-state index in [0.29, 0.717) is 36.3 Å². The summed E-state index contributed by atoms with van der Waals surface area (Å²) in [4.78, 5) is 11.5. The zero-order chi connectivity index (χ0) is 17.3. The van der Waals surface area contributed by atoms with Gasteiger partial charge in [0.25, 0.3) is 0 Å². The zero-order valence-electron chi connectivity index (χ0n) is 12.9. The summed E-state index contributed by atoms with van der Waals surface area (Å²) < 4.78 is 28.0. The summed E-state index contributed by atoms with van der Waals surface area (Å²) in [6.07, 6.45) is 0.324. The summed E-state index contributed by atoms with van der Waals surface area (Å²) in [7, 11) is 0. The Hall–Kier alpha value is -1.99. The van der Waals surface area contributed by atoms with E-state index in [9.17, 15) is 13.6 Å². The van der Waals surface area contributed by atoms with Gasteiger partial charge in [0.2, 0.25) is 5.91 Å². The topological polar surface area (TPSA) is 72.9 Å². The normalized spacial score (nSPS) is 16.9. The Bertz CT molecular complexity index is 778. The lowest BCUT2D eigenvalue weighted by Crippen LogP contribution is -2.34. The number of halogens is 3. The monoisotopic (exact) mass is 354 g/mol. The lowest BCUT2D eigenvalue weighted by molar-refractivity contribution is -0.117. The first-order chi connectivity index (χ1) is 11.5. The molecule has 0 aliphatic carbocycles. The van der Waals surface area contributed by atoms with Crippen molar-refractivity contribution < 1.29 is 13.6 Å². The molecule has 8 heteroatoms. The maximum absolute atomic E-state index is 13.4. The van der Waals surface area contributed by atoms with Crippen molar-refractivity contribution in [2.45, 2.75) is 25.4 Å². The van der Waals surface area contributed by atoms with Crippen LogP contribution in [0.2, 0.25) is 5.02 Å². The average molecular weight is 355 g/mol. The standard InChI is InChI=1S/C16H17ClF2N4O/c17-12-5-9(1-2-13(12)19)16-11(6-15(20)24)14-8-21-7-10(3-4-18)23(14)22-16/h1-2,5,10,21H,3-4,6-8H2,(H2,20,24). The predicted octanol–water partition coefficient (Wildman–Crippen LogP) is 2.37. The molecular formula is C16H17ClF2N4O. The minimum Gasteiger partial charge on any atom is -0.369 e. The molecule has 0 fully saturated rings. The van der Waals surface area contributed by atoms with Gasteiger partial charge in [0, 0.05) is 24.2 Å². The fraction of sp³-hybridized carbons (Fsp3) is 0.375. The van der Waals surface area contributed by atoms with Crippen molar-refractivity contribution in [3.8, 4) is 11.3 Å². The van der Waals surface area contributed by atoms with Gasteiger partial charge >= 0.3 is 0 Å². The van der Waals surface area contributed by atoms with E-state index in [4.69, 9.17) is 17.3 Å². The zero-order valence-corrected chi connectivity index (χ0v) is 13.6. The number of nitrogens with two attached hydrogens (primary N) is 1. The first-order valence-corrected chi connectivity index (χ1v) is 7.99. The molecule has 0 bridgehead atoms. The van der Waals surface area contributed by atoms with Crippen LogP contribution in [0.5, 0.6) is 0 Å². The van der Waals surface area contributed by atoms with Crippen molar-refractivity contribution in [2.75, 3.05) is 13.2 Å². The molecule has 1 atom stereocenters. The van der Waals surface area contributed by atoms with Crippen LogP contribution >= 0.6 is 11.6 Å². The van der Waals surface area contributed by atoms with Crippen LogP contribution in [-0.2, 0) is 17.8 Å². The Morgan fingerprint density at radius 3 is 2.96 bits per heavy atom. The smallest absolute Gasteiger partial charge is 0.221 e. The van der Waals surface area contributed by atoms with Gasteiger partial charge in [-0.25, -0.2) is 4.39 Å². The van der Waals surface area contributed by atoms with E-state index < -0.39 is 18.4 Å². The van der Waals surface area contributed by atoms with Crippen molar-refractivity contribution in [2.24, 2.45) is 5.73 Å². The highest BCUT2D eigenvalue weighted by Gasteiger charge is 2.27. The fourth-order valence-electron chi connectivity index (χ4n) is 3.02. The first kappa shape index (κ1) is 16.9. The molecule has 1 aliphatic rings. The summed E-state index contributed by atoms with van der Waals surface area (Å²) in [6, 6.07) is 4.13. The third-order valence-corrected chi connectivity index (χ3v) is 4.41. The van der Waals surface area contributed by atoms with Crippen molar-refractivity contribution in [3.05, 3.63) is 40.3 Å². The van der Waals surface area contributed by atoms with E-state index in [-0.39, 0.29) is 17.5 Å². The molecule has 0 spiro atoms. The summed E-state index contributed by atoms with van der Waals surface area (Å²) in [5, 5.41) is 7.75. The van der Waals surface area contributed by atoms with Crippen LogP contribution < -0.4 is 11.1 Å². The van der Waals surface area contributed by atoms with Gasteiger partial charge in [0.15, 0.2) is 0 Å². The number of nitrogens with one attached hydrogen (secondary N) is 1. The van der Waals surface area contributed by atoms with E-state index in [1.165, 1.54) is 12.1 Å². The van der Waals surface area contributed by atoms with Gasteiger partial charge in [-0.2, -0.15) is 5.10 Å². The maximum Gasteiger partial charge on any atom is 0.221 e. The fourth-order valence-corrected chi connectivity index (χ4v) is 3.20. The molecule has 2 aromatic rings. The molecule has 1 aromatic heterocycles. The number of hydrogen-bond donors (Lipinski definition) is 2. The minimum absolute atomic E-state index is 0.00366. The van der Waals surface area contributed by atoms with Crippen LogP contribution in [-0.4, -0.2) is 28.9 Å². The Morgan fingerprint density at radius 1 is 1.50 bits per heavy atom. The van der Waals surface area contributed by atoms with Crippen LogP contribution in [0.3, 0.4) is 0 Å². The van der Waals surface area contributed by atoms with Crippen molar-refractivity contribution in [1.82, 2.24) is 15.1 Å². The van der Waals surface area contributed by atoms with E-state index >= 15 is 0 Å². The van der Waals surface area contributed by atoms with Crippen molar-refractivity contribution in [3.63, 3.8) is 0 Å². The lowest BCUT2D eigenvalue weighted by Gasteiger charge is -2.25. The van der Waals surface area contributed by atoms with E-state index in [1.807, 2.05) is 0 Å². The third kappa shape index (κ3) is 3.14. The number of primary amides is 1. The van der Waals surface area contributed by atoms with Gasteiger partial charge < -0.3 is 11.1 Å². The number of rotatable bonds is 5. The number of amides is 1. The van der Waals surface area contributed by atoms with Gasteiger partial charge in [-0.3, -0.25) is 13.9 Å². The highest BCUT2D eigenvalue weighted by Crippen LogP contribution is 2.32. The molecule has 1 aromatic carbocycles. The molecule has 3 rings (SSSR count). The average Bonchev–Trinajstić information content (AvgIpc) is 2.90. The number of nitrogens with zero attached hydrogens (tertiary/aromatic N) is 2. The molecule has 2 heterocycles. The van der Waals surface area contributed by atoms with Crippen molar-refractivity contribution in [1.29, 1.82) is 0 Å². The largest absolute Gasteiger partial charge is 0.369 e. The second-order valence-corrected chi connectivity index (χ2v) is 6.16. The number of alkyl halides is 1. The SMILES string of the molecule is NC(=O)Cc1c(-c2ccc(F)c(Cl)c2)nn2c1CNCC2CCF. The summed E-state index contributed by atoms with van der Waals surface area (Å²) >= 11 is 5.86. The molecule has 5 nitrogen and oxygen atoms in total. The molecule has 1 aliphatic heterocycles. The maximum atomic E-state index is 13.4. The highest BCUT2D eigenvalue weighted by molar-refractivity contribution is 6.31. The number of aromatic nitrogens is 2. The number of carbonyl (C=O) groups is 1. The molecule has 0 saturated heterocycles. The number of fused-ring (bicyclic) bond motifs is 1. The van der Waals surface area contributed by atoms with Crippen LogP contribution in [0.25, 0.3) is 11.3 Å². The van der Waals surface area contributed by atoms with Gasteiger partial charge in [0.05, 0.1) is 35.5 Å². The quantitative estimate of drug-likeness (QED) is 0.865. The molecule has 0 saturated carbocycles. The van der Waals surface area contributed by atoms with Crippen LogP contribution in [0.1, 0.15) is 23.7 Å². The molecule has 24 heavy (non-hydrogen) atoms. The molecule has 1 amide bonds. The molecule has 128 valence electrons. The number of benzene rings is 1. The Kier molecular flexibility index (Phi) is 4.82. The Balaban J connectivity index is 2.13. The molecular weight excluding hydrogens is 338 g/mol.